The van der Waals surface area contributed by atoms with E-state index in [0.29, 0.717) is 18.2 Å². The van der Waals surface area contributed by atoms with Crippen LogP contribution in [0.25, 0.3) is 0 Å². The summed E-state index contributed by atoms with van der Waals surface area (Å²) in [4.78, 5) is 14.1. The predicted molar refractivity (Wildman–Crippen MR) is 69.7 cm³/mol. The molecule has 0 radical (unpaired) electrons. The number of carbonyl (C=O) groups is 1. The first-order chi connectivity index (χ1) is 8.61. The summed E-state index contributed by atoms with van der Waals surface area (Å²) >= 11 is 0. The average molecular weight is 250 g/mol. The summed E-state index contributed by atoms with van der Waals surface area (Å²) in [6.45, 7) is 3.50. The fraction of sp³-hybridized carbons (Fsp3) is 0.500. The minimum absolute atomic E-state index is 0.152. The van der Waals surface area contributed by atoms with Crippen molar-refractivity contribution in [1.29, 1.82) is 0 Å². The first-order valence-corrected chi connectivity index (χ1v) is 6.46. The van der Waals surface area contributed by atoms with Gasteiger partial charge < -0.3 is 10.6 Å². The quantitative estimate of drug-likeness (QED) is 0.817. The fourth-order valence-corrected chi connectivity index (χ4v) is 2.04. The molecule has 3 nitrogen and oxygen atoms in total. The molecule has 0 atom stereocenters. The molecule has 0 heterocycles. The minimum atomic E-state index is -0.421. The normalized spacial score (nSPS) is 14.6. The van der Waals surface area contributed by atoms with Crippen LogP contribution in [0, 0.1) is 11.7 Å². The van der Waals surface area contributed by atoms with Crippen molar-refractivity contribution in [3.8, 4) is 0 Å². The number of rotatable bonds is 5. The van der Waals surface area contributed by atoms with Gasteiger partial charge in [-0.05, 0) is 43.4 Å². The number of amides is 1. The number of halogens is 1. The van der Waals surface area contributed by atoms with E-state index in [9.17, 15) is 9.18 Å². The summed E-state index contributed by atoms with van der Waals surface area (Å²) in [5.74, 6) is 0.0476. The number of nitrogens with zero attached hydrogens (tertiary/aromatic N) is 1. The van der Waals surface area contributed by atoms with Gasteiger partial charge in [0.2, 0.25) is 0 Å². The Morgan fingerprint density at radius 3 is 2.83 bits per heavy atom. The molecule has 4 heteroatoms. The van der Waals surface area contributed by atoms with Crippen LogP contribution in [0.1, 0.15) is 36.5 Å². The van der Waals surface area contributed by atoms with Crippen molar-refractivity contribution >= 4 is 11.6 Å². The van der Waals surface area contributed by atoms with Crippen molar-refractivity contribution in [1.82, 2.24) is 4.90 Å². The Morgan fingerprint density at radius 2 is 2.22 bits per heavy atom. The molecular formula is C14H19FN2O. The molecule has 0 aromatic heterocycles. The SMILES string of the molecule is CCCN(CC1CC1)C(=O)c1cc(F)ccc1N. The van der Waals surface area contributed by atoms with Crippen molar-refractivity contribution in [3.63, 3.8) is 0 Å². The third kappa shape index (κ3) is 3.00. The van der Waals surface area contributed by atoms with Gasteiger partial charge in [0, 0.05) is 18.8 Å². The van der Waals surface area contributed by atoms with Crippen molar-refractivity contribution in [2.45, 2.75) is 26.2 Å². The van der Waals surface area contributed by atoms with E-state index in [1.54, 1.807) is 4.90 Å². The Bertz CT molecular complexity index is 443. The van der Waals surface area contributed by atoms with Crippen molar-refractivity contribution in [2.24, 2.45) is 5.92 Å². The Hall–Kier alpha value is -1.58. The summed E-state index contributed by atoms with van der Waals surface area (Å²) in [7, 11) is 0. The number of benzene rings is 1. The molecule has 1 amide bonds. The van der Waals surface area contributed by atoms with E-state index in [0.717, 1.165) is 13.0 Å². The fourth-order valence-electron chi connectivity index (χ4n) is 2.04. The lowest BCUT2D eigenvalue weighted by molar-refractivity contribution is 0.0748. The van der Waals surface area contributed by atoms with E-state index in [4.69, 9.17) is 5.73 Å². The smallest absolute Gasteiger partial charge is 0.256 e. The second-order valence-electron chi connectivity index (χ2n) is 4.93. The molecule has 0 aliphatic heterocycles. The molecule has 1 aliphatic rings. The van der Waals surface area contributed by atoms with E-state index < -0.39 is 5.82 Å². The van der Waals surface area contributed by atoms with E-state index in [1.165, 1.54) is 31.0 Å². The third-order valence-corrected chi connectivity index (χ3v) is 3.20. The van der Waals surface area contributed by atoms with Gasteiger partial charge in [-0.3, -0.25) is 4.79 Å². The van der Waals surface area contributed by atoms with Gasteiger partial charge in [0.25, 0.3) is 5.91 Å². The van der Waals surface area contributed by atoms with Crippen molar-refractivity contribution in [2.75, 3.05) is 18.8 Å². The number of nitrogens with two attached hydrogens (primary N) is 1. The van der Waals surface area contributed by atoms with E-state index in [2.05, 4.69) is 0 Å². The monoisotopic (exact) mass is 250 g/mol. The molecule has 1 aromatic rings. The van der Waals surface area contributed by atoms with Gasteiger partial charge in [0.05, 0.1) is 5.56 Å². The van der Waals surface area contributed by atoms with Gasteiger partial charge in [-0.15, -0.1) is 0 Å². The van der Waals surface area contributed by atoms with Gasteiger partial charge in [0.1, 0.15) is 5.82 Å². The Kier molecular flexibility index (Phi) is 3.84. The molecule has 18 heavy (non-hydrogen) atoms. The van der Waals surface area contributed by atoms with Gasteiger partial charge in [-0.1, -0.05) is 6.92 Å². The Labute approximate surface area is 107 Å². The lowest BCUT2D eigenvalue weighted by Crippen LogP contribution is -2.34. The zero-order valence-corrected chi connectivity index (χ0v) is 10.7. The van der Waals surface area contributed by atoms with Crippen molar-refractivity contribution in [3.05, 3.63) is 29.6 Å². The number of hydrogen-bond donors (Lipinski definition) is 1. The van der Waals surface area contributed by atoms with Crippen LogP contribution in [-0.4, -0.2) is 23.9 Å². The Morgan fingerprint density at radius 1 is 1.50 bits per heavy atom. The summed E-state index contributed by atoms with van der Waals surface area (Å²) in [5.41, 5.74) is 6.38. The number of carbonyl (C=O) groups excluding carboxylic acids is 1. The molecule has 0 saturated heterocycles. The van der Waals surface area contributed by atoms with Crippen LogP contribution in [-0.2, 0) is 0 Å². The maximum Gasteiger partial charge on any atom is 0.256 e. The van der Waals surface area contributed by atoms with Crippen LogP contribution in [0.15, 0.2) is 18.2 Å². The average Bonchev–Trinajstić information content (AvgIpc) is 3.15. The number of hydrogen-bond acceptors (Lipinski definition) is 2. The zero-order chi connectivity index (χ0) is 13.1. The maximum absolute atomic E-state index is 13.2. The lowest BCUT2D eigenvalue weighted by atomic mass is 10.1. The molecule has 0 unspecified atom stereocenters. The van der Waals surface area contributed by atoms with Crippen LogP contribution in [0.2, 0.25) is 0 Å². The topological polar surface area (TPSA) is 46.3 Å². The largest absolute Gasteiger partial charge is 0.398 e. The summed E-state index contributed by atoms with van der Waals surface area (Å²) in [5, 5.41) is 0. The number of nitrogen functional groups attached to an aromatic ring is 1. The first kappa shape index (κ1) is 12.9. The molecule has 0 bridgehead atoms. The maximum atomic E-state index is 13.2. The third-order valence-electron chi connectivity index (χ3n) is 3.20. The molecule has 1 fully saturated rings. The molecule has 1 aliphatic carbocycles. The van der Waals surface area contributed by atoms with Crippen LogP contribution in [0.5, 0.6) is 0 Å². The molecule has 1 saturated carbocycles. The van der Waals surface area contributed by atoms with E-state index in [-0.39, 0.29) is 11.5 Å². The van der Waals surface area contributed by atoms with Crippen molar-refractivity contribution < 1.29 is 9.18 Å². The van der Waals surface area contributed by atoms with Gasteiger partial charge in [0.15, 0.2) is 0 Å². The molecule has 98 valence electrons. The molecule has 0 spiro atoms. The van der Waals surface area contributed by atoms with Crippen LogP contribution in [0.4, 0.5) is 10.1 Å². The van der Waals surface area contributed by atoms with E-state index in [1.807, 2.05) is 6.92 Å². The highest BCUT2D eigenvalue weighted by molar-refractivity contribution is 5.99. The first-order valence-electron chi connectivity index (χ1n) is 6.46. The minimum Gasteiger partial charge on any atom is -0.398 e. The highest BCUT2D eigenvalue weighted by atomic mass is 19.1. The second kappa shape index (κ2) is 5.38. The van der Waals surface area contributed by atoms with Gasteiger partial charge >= 0.3 is 0 Å². The van der Waals surface area contributed by atoms with Crippen LogP contribution >= 0.6 is 0 Å². The van der Waals surface area contributed by atoms with Crippen LogP contribution < -0.4 is 5.73 Å². The highest BCUT2D eigenvalue weighted by Crippen LogP contribution is 2.30. The van der Waals surface area contributed by atoms with Crippen LogP contribution in [0.3, 0.4) is 0 Å². The predicted octanol–water partition coefficient (Wildman–Crippen LogP) is 2.67. The summed E-state index contributed by atoms with van der Waals surface area (Å²) in [6.07, 6.45) is 3.27. The zero-order valence-electron chi connectivity index (χ0n) is 10.7. The lowest BCUT2D eigenvalue weighted by Gasteiger charge is -2.22. The van der Waals surface area contributed by atoms with E-state index >= 15 is 0 Å². The molecule has 1 aromatic carbocycles. The summed E-state index contributed by atoms with van der Waals surface area (Å²) in [6, 6.07) is 3.95. The molecular weight excluding hydrogens is 231 g/mol. The summed E-state index contributed by atoms with van der Waals surface area (Å²) < 4.78 is 13.2. The molecule has 2 rings (SSSR count). The highest BCUT2D eigenvalue weighted by Gasteiger charge is 2.27. The van der Waals surface area contributed by atoms with Gasteiger partial charge in [-0.25, -0.2) is 4.39 Å². The standard InChI is InChI=1S/C14H19FN2O/c1-2-7-17(9-10-3-4-10)14(18)12-8-11(15)5-6-13(12)16/h5-6,8,10H,2-4,7,9,16H2,1H3. The Balaban J connectivity index is 2.17. The van der Waals surface area contributed by atoms with Gasteiger partial charge in [-0.2, -0.15) is 0 Å². The second-order valence-corrected chi connectivity index (χ2v) is 4.93. The number of anilines is 1. The molecule has 2 N–H and O–H groups in total.